The maximum atomic E-state index is 6.06. The minimum absolute atomic E-state index is 0.301. The van der Waals surface area contributed by atoms with Crippen LogP contribution in [0.3, 0.4) is 0 Å². The van der Waals surface area contributed by atoms with Crippen LogP contribution in [0.4, 0.5) is 5.69 Å². The minimum atomic E-state index is -0.321. The molecule has 3 rings (SSSR count). The van der Waals surface area contributed by atoms with E-state index in [1.165, 1.54) is 12.1 Å². The van der Waals surface area contributed by atoms with Crippen molar-refractivity contribution in [2.45, 2.75) is 45.3 Å². The van der Waals surface area contributed by atoms with Gasteiger partial charge in [-0.2, -0.15) is 0 Å². The molecule has 0 aliphatic carbocycles. The molecule has 0 spiro atoms. The summed E-state index contributed by atoms with van der Waals surface area (Å²) in [6.07, 6.45) is 5.01. The van der Waals surface area contributed by atoms with Gasteiger partial charge in [0.1, 0.15) is 0 Å². The minimum Gasteiger partial charge on any atom is -0.399 e. The maximum Gasteiger partial charge on any atom is 0.496 e. The molecule has 2 saturated heterocycles. The lowest BCUT2D eigenvalue weighted by Gasteiger charge is -2.33. The van der Waals surface area contributed by atoms with Gasteiger partial charge >= 0.3 is 7.12 Å². The summed E-state index contributed by atoms with van der Waals surface area (Å²) in [6, 6.07) is 2.13. The molecule has 0 amide bonds. The molecular formula is C14H21BN2O2. The molecule has 0 aromatic carbocycles. The monoisotopic (exact) mass is 260 g/mol. The topological polar surface area (TPSA) is 34.6 Å². The summed E-state index contributed by atoms with van der Waals surface area (Å²) in [7, 11) is -0.321. The highest BCUT2D eigenvalue weighted by Crippen LogP contribution is 2.36. The largest absolute Gasteiger partial charge is 0.496 e. The van der Waals surface area contributed by atoms with E-state index < -0.39 is 0 Å². The van der Waals surface area contributed by atoms with E-state index in [1.807, 2.05) is 12.4 Å². The number of hydrogen-bond donors (Lipinski definition) is 0. The first-order valence-electron chi connectivity index (χ1n) is 6.95. The van der Waals surface area contributed by atoms with E-state index >= 15 is 0 Å². The number of nitrogens with zero attached hydrogens (tertiary/aromatic N) is 2. The van der Waals surface area contributed by atoms with Crippen molar-refractivity contribution in [1.29, 1.82) is 0 Å². The second-order valence-electron chi connectivity index (χ2n) is 6.41. The average Bonchev–Trinajstić information content (AvgIpc) is 2.46. The van der Waals surface area contributed by atoms with E-state index in [4.69, 9.17) is 9.31 Å². The second kappa shape index (κ2) is 4.22. The number of aromatic nitrogens is 1. The SMILES string of the molecule is CC1(C)OB(c2cncc(N3CCC3)c2)OC1(C)C. The Morgan fingerprint density at radius 3 is 2.26 bits per heavy atom. The quantitative estimate of drug-likeness (QED) is 0.756. The van der Waals surface area contributed by atoms with Crippen LogP contribution in [0, 0.1) is 0 Å². The van der Waals surface area contributed by atoms with Crippen LogP contribution in [0.25, 0.3) is 0 Å². The molecule has 0 N–H and O–H groups in total. The third-order valence-electron chi connectivity index (χ3n) is 4.49. The molecule has 0 unspecified atom stereocenters. The van der Waals surface area contributed by atoms with Gasteiger partial charge in [-0.3, -0.25) is 4.98 Å². The van der Waals surface area contributed by atoms with Crippen molar-refractivity contribution in [3.8, 4) is 0 Å². The second-order valence-corrected chi connectivity index (χ2v) is 6.41. The van der Waals surface area contributed by atoms with E-state index in [9.17, 15) is 0 Å². The lowest BCUT2D eigenvalue weighted by Crippen LogP contribution is -2.41. The number of rotatable bonds is 2. The lowest BCUT2D eigenvalue weighted by atomic mass is 9.80. The molecule has 3 heterocycles. The van der Waals surface area contributed by atoms with Crippen LogP contribution >= 0.6 is 0 Å². The number of pyridine rings is 1. The first-order chi connectivity index (χ1) is 8.89. The first kappa shape index (κ1) is 12.9. The molecule has 1 aromatic heterocycles. The fraction of sp³-hybridized carbons (Fsp3) is 0.643. The van der Waals surface area contributed by atoms with Gasteiger partial charge in [0.2, 0.25) is 0 Å². The Morgan fingerprint density at radius 2 is 1.74 bits per heavy atom. The molecule has 4 nitrogen and oxygen atoms in total. The van der Waals surface area contributed by atoms with Crippen molar-refractivity contribution in [3.63, 3.8) is 0 Å². The summed E-state index contributed by atoms with van der Waals surface area (Å²) in [5, 5.41) is 0. The van der Waals surface area contributed by atoms with Gasteiger partial charge in [-0.25, -0.2) is 0 Å². The van der Waals surface area contributed by atoms with Crippen LogP contribution in [0.2, 0.25) is 0 Å². The first-order valence-corrected chi connectivity index (χ1v) is 6.95. The molecule has 2 fully saturated rings. The summed E-state index contributed by atoms with van der Waals surface area (Å²) in [5.41, 5.74) is 1.57. The van der Waals surface area contributed by atoms with Crippen LogP contribution in [0.1, 0.15) is 34.1 Å². The zero-order chi connectivity index (χ0) is 13.7. The van der Waals surface area contributed by atoms with Gasteiger partial charge in [-0.15, -0.1) is 0 Å². The molecule has 19 heavy (non-hydrogen) atoms. The zero-order valence-corrected chi connectivity index (χ0v) is 12.1. The van der Waals surface area contributed by atoms with Crippen molar-refractivity contribution in [1.82, 2.24) is 4.98 Å². The van der Waals surface area contributed by atoms with Crippen molar-refractivity contribution in [3.05, 3.63) is 18.5 Å². The fourth-order valence-electron chi connectivity index (χ4n) is 2.30. The highest BCUT2D eigenvalue weighted by atomic mass is 16.7. The molecule has 0 atom stereocenters. The van der Waals surface area contributed by atoms with Crippen LogP contribution in [-0.2, 0) is 9.31 Å². The summed E-state index contributed by atoms with van der Waals surface area (Å²) < 4.78 is 12.1. The van der Waals surface area contributed by atoms with Gasteiger partial charge in [0.25, 0.3) is 0 Å². The molecule has 102 valence electrons. The van der Waals surface area contributed by atoms with Crippen molar-refractivity contribution in [2.75, 3.05) is 18.0 Å². The Balaban J connectivity index is 1.83. The van der Waals surface area contributed by atoms with E-state index in [0.29, 0.717) is 0 Å². The third-order valence-corrected chi connectivity index (χ3v) is 4.49. The van der Waals surface area contributed by atoms with Crippen LogP contribution in [0.5, 0.6) is 0 Å². The summed E-state index contributed by atoms with van der Waals surface area (Å²) >= 11 is 0. The van der Waals surface area contributed by atoms with Crippen molar-refractivity contribution < 1.29 is 9.31 Å². The fourth-order valence-corrected chi connectivity index (χ4v) is 2.30. The highest BCUT2D eigenvalue weighted by Gasteiger charge is 2.51. The van der Waals surface area contributed by atoms with Gasteiger partial charge < -0.3 is 14.2 Å². The highest BCUT2D eigenvalue weighted by molar-refractivity contribution is 6.62. The Hall–Kier alpha value is -1.07. The number of hydrogen-bond acceptors (Lipinski definition) is 4. The predicted octanol–water partition coefficient (Wildman–Crippen LogP) is 1.59. The Morgan fingerprint density at radius 1 is 1.11 bits per heavy atom. The Labute approximate surface area is 115 Å². The summed E-state index contributed by atoms with van der Waals surface area (Å²) in [4.78, 5) is 6.65. The standard InChI is InChI=1S/C14H21BN2O2/c1-13(2)14(3,4)19-15(18-13)11-8-12(10-16-9-11)17-6-5-7-17/h8-10H,5-7H2,1-4H3. The normalized spacial score (nSPS) is 24.4. The van der Waals surface area contributed by atoms with Crippen LogP contribution in [-0.4, -0.2) is 36.4 Å². The smallest absolute Gasteiger partial charge is 0.399 e. The molecule has 0 bridgehead atoms. The Bertz CT molecular complexity index is 470. The maximum absolute atomic E-state index is 6.06. The predicted molar refractivity (Wildman–Crippen MR) is 76.8 cm³/mol. The van der Waals surface area contributed by atoms with E-state index in [2.05, 4.69) is 43.6 Å². The van der Waals surface area contributed by atoms with Gasteiger partial charge in [0.15, 0.2) is 0 Å². The lowest BCUT2D eigenvalue weighted by molar-refractivity contribution is 0.00578. The average molecular weight is 260 g/mol. The van der Waals surface area contributed by atoms with Gasteiger partial charge in [0, 0.05) is 24.7 Å². The number of anilines is 1. The van der Waals surface area contributed by atoms with Gasteiger partial charge in [0.05, 0.1) is 23.1 Å². The van der Waals surface area contributed by atoms with Crippen molar-refractivity contribution in [2.24, 2.45) is 0 Å². The zero-order valence-electron chi connectivity index (χ0n) is 12.1. The van der Waals surface area contributed by atoms with E-state index in [0.717, 1.165) is 18.6 Å². The van der Waals surface area contributed by atoms with E-state index in [-0.39, 0.29) is 18.3 Å². The van der Waals surface area contributed by atoms with E-state index in [1.54, 1.807) is 0 Å². The molecule has 1 aromatic rings. The Kier molecular flexibility index (Phi) is 2.87. The molecule has 2 aliphatic rings. The van der Waals surface area contributed by atoms with Crippen LogP contribution < -0.4 is 10.4 Å². The summed E-state index contributed by atoms with van der Waals surface area (Å²) in [5.74, 6) is 0. The van der Waals surface area contributed by atoms with Crippen LogP contribution in [0.15, 0.2) is 18.5 Å². The molecule has 0 radical (unpaired) electrons. The van der Waals surface area contributed by atoms with Crippen molar-refractivity contribution >= 4 is 18.3 Å². The molecular weight excluding hydrogens is 239 g/mol. The molecule has 0 saturated carbocycles. The summed E-state index contributed by atoms with van der Waals surface area (Å²) in [6.45, 7) is 10.5. The third kappa shape index (κ3) is 2.15. The van der Waals surface area contributed by atoms with Gasteiger partial charge in [-0.1, -0.05) is 0 Å². The van der Waals surface area contributed by atoms with Gasteiger partial charge in [-0.05, 0) is 40.2 Å². The molecule has 2 aliphatic heterocycles. The molecule has 5 heteroatoms.